The molecule has 0 atom stereocenters. The first-order chi connectivity index (χ1) is 11.7. The number of nitrogens with zero attached hydrogens (tertiary/aromatic N) is 1. The maximum Gasteiger partial charge on any atom is 0.0345 e. The molecule has 0 radical (unpaired) electrons. The first-order valence-corrected chi connectivity index (χ1v) is 9.31. The fourth-order valence-corrected chi connectivity index (χ4v) is 3.52. The van der Waals surface area contributed by atoms with Gasteiger partial charge < -0.3 is 10.2 Å². The normalized spacial score (nSPS) is 16.2. The molecule has 1 saturated heterocycles. The topological polar surface area (TPSA) is 15.3 Å². The van der Waals surface area contributed by atoms with Crippen LogP contribution in [-0.4, -0.2) is 30.6 Å². The van der Waals surface area contributed by atoms with Gasteiger partial charge in [-0.25, -0.2) is 0 Å². The van der Waals surface area contributed by atoms with Gasteiger partial charge in [0.15, 0.2) is 0 Å². The SMILES string of the molecule is Cc1ccc(NC2CCN(CCCc3ccccc3)CC2)cc1C. The fourth-order valence-electron chi connectivity index (χ4n) is 3.52. The van der Waals surface area contributed by atoms with E-state index < -0.39 is 0 Å². The molecule has 1 heterocycles. The Labute approximate surface area is 146 Å². The molecule has 0 unspecified atom stereocenters. The fraction of sp³-hybridized carbons (Fsp3) is 0.455. The highest BCUT2D eigenvalue weighted by Crippen LogP contribution is 2.19. The average Bonchev–Trinajstić information content (AvgIpc) is 2.61. The molecule has 2 heteroatoms. The van der Waals surface area contributed by atoms with Crippen molar-refractivity contribution in [2.75, 3.05) is 25.0 Å². The maximum absolute atomic E-state index is 3.72. The number of rotatable bonds is 6. The minimum atomic E-state index is 0.623. The minimum absolute atomic E-state index is 0.623. The molecule has 1 fully saturated rings. The standard InChI is InChI=1S/C22H30N2/c1-18-10-11-22(17-19(18)2)23-21-12-15-24(16-13-21)14-6-9-20-7-4-3-5-8-20/h3-5,7-8,10-11,17,21,23H,6,9,12-16H2,1-2H3. The second-order valence-electron chi connectivity index (χ2n) is 7.15. The summed E-state index contributed by atoms with van der Waals surface area (Å²) in [5.41, 5.74) is 5.48. The third kappa shape index (κ3) is 4.85. The predicted octanol–water partition coefficient (Wildman–Crippen LogP) is 4.81. The minimum Gasteiger partial charge on any atom is -0.382 e. The molecule has 2 aromatic rings. The van der Waals surface area contributed by atoms with Crippen LogP contribution in [0.2, 0.25) is 0 Å². The molecule has 128 valence electrons. The van der Waals surface area contributed by atoms with E-state index in [2.05, 4.69) is 72.6 Å². The van der Waals surface area contributed by atoms with Crippen LogP contribution < -0.4 is 5.32 Å². The van der Waals surface area contributed by atoms with E-state index in [0.717, 1.165) is 0 Å². The maximum atomic E-state index is 3.72. The van der Waals surface area contributed by atoms with Gasteiger partial charge in [-0.3, -0.25) is 0 Å². The molecule has 1 N–H and O–H groups in total. The van der Waals surface area contributed by atoms with Crippen LogP contribution in [0, 0.1) is 13.8 Å². The number of aryl methyl sites for hydroxylation is 3. The van der Waals surface area contributed by atoms with Crippen molar-refractivity contribution in [2.45, 2.75) is 45.6 Å². The summed E-state index contributed by atoms with van der Waals surface area (Å²) in [7, 11) is 0. The molecule has 0 saturated carbocycles. The zero-order chi connectivity index (χ0) is 16.8. The molecule has 0 aliphatic carbocycles. The lowest BCUT2D eigenvalue weighted by molar-refractivity contribution is 0.217. The van der Waals surface area contributed by atoms with Crippen molar-refractivity contribution in [2.24, 2.45) is 0 Å². The quantitative estimate of drug-likeness (QED) is 0.821. The average molecular weight is 322 g/mol. The second-order valence-corrected chi connectivity index (χ2v) is 7.15. The molecule has 0 spiro atoms. The molecular weight excluding hydrogens is 292 g/mol. The van der Waals surface area contributed by atoms with E-state index in [1.807, 2.05) is 0 Å². The first kappa shape index (κ1) is 17.0. The Balaban J connectivity index is 1.38. The van der Waals surface area contributed by atoms with E-state index in [4.69, 9.17) is 0 Å². The smallest absolute Gasteiger partial charge is 0.0345 e. The highest BCUT2D eigenvalue weighted by atomic mass is 15.1. The number of likely N-dealkylation sites (tertiary alicyclic amines) is 1. The lowest BCUT2D eigenvalue weighted by atomic mass is 10.0. The number of piperidine rings is 1. The summed E-state index contributed by atoms with van der Waals surface area (Å²) < 4.78 is 0. The Morgan fingerprint density at radius 2 is 1.71 bits per heavy atom. The monoisotopic (exact) mass is 322 g/mol. The van der Waals surface area contributed by atoms with Gasteiger partial charge in [0.1, 0.15) is 0 Å². The van der Waals surface area contributed by atoms with Crippen molar-refractivity contribution >= 4 is 5.69 Å². The van der Waals surface area contributed by atoms with Gasteiger partial charge in [0.2, 0.25) is 0 Å². The Morgan fingerprint density at radius 1 is 0.958 bits per heavy atom. The van der Waals surface area contributed by atoms with Crippen LogP contribution in [0.25, 0.3) is 0 Å². The lowest BCUT2D eigenvalue weighted by Gasteiger charge is -2.33. The molecule has 1 aliphatic heterocycles. The van der Waals surface area contributed by atoms with E-state index in [9.17, 15) is 0 Å². The van der Waals surface area contributed by atoms with Gasteiger partial charge in [-0.2, -0.15) is 0 Å². The summed E-state index contributed by atoms with van der Waals surface area (Å²) >= 11 is 0. The Bertz CT molecular complexity index is 628. The van der Waals surface area contributed by atoms with Gasteiger partial charge in [-0.05, 0) is 74.9 Å². The van der Waals surface area contributed by atoms with Crippen molar-refractivity contribution in [3.63, 3.8) is 0 Å². The van der Waals surface area contributed by atoms with Crippen LogP contribution in [0.4, 0.5) is 5.69 Å². The molecule has 2 nitrogen and oxygen atoms in total. The van der Waals surface area contributed by atoms with Crippen molar-refractivity contribution < 1.29 is 0 Å². The van der Waals surface area contributed by atoms with E-state index >= 15 is 0 Å². The zero-order valence-corrected chi connectivity index (χ0v) is 15.1. The van der Waals surface area contributed by atoms with Crippen molar-refractivity contribution in [1.82, 2.24) is 4.90 Å². The van der Waals surface area contributed by atoms with Crippen molar-refractivity contribution in [3.8, 4) is 0 Å². The highest BCUT2D eigenvalue weighted by molar-refractivity contribution is 5.48. The zero-order valence-electron chi connectivity index (χ0n) is 15.1. The van der Waals surface area contributed by atoms with E-state index in [0.29, 0.717) is 6.04 Å². The van der Waals surface area contributed by atoms with E-state index in [-0.39, 0.29) is 0 Å². The lowest BCUT2D eigenvalue weighted by Crippen LogP contribution is -2.39. The Hall–Kier alpha value is -1.80. The van der Waals surface area contributed by atoms with Gasteiger partial charge in [0, 0.05) is 24.8 Å². The largest absolute Gasteiger partial charge is 0.382 e. The summed E-state index contributed by atoms with van der Waals surface area (Å²) in [6, 6.07) is 18.2. The summed E-state index contributed by atoms with van der Waals surface area (Å²) in [4.78, 5) is 2.63. The third-order valence-corrected chi connectivity index (χ3v) is 5.25. The van der Waals surface area contributed by atoms with Gasteiger partial charge in [0.05, 0.1) is 0 Å². The second kappa shape index (κ2) is 8.34. The van der Waals surface area contributed by atoms with Crippen LogP contribution in [0.3, 0.4) is 0 Å². The summed E-state index contributed by atoms with van der Waals surface area (Å²) in [6.45, 7) is 8.03. The molecule has 0 bridgehead atoms. The number of hydrogen-bond donors (Lipinski definition) is 1. The predicted molar refractivity (Wildman–Crippen MR) is 104 cm³/mol. The third-order valence-electron chi connectivity index (χ3n) is 5.25. The van der Waals surface area contributed by atoms with Crippen molar-refractivity contribution in [3.05, 3.63) is 65.2 Å². The van der Waals surface area contributed by atoms with Gasteiger partial charge in [-0.1, -0.05) is 36.4 Å². The molecule has 1 aliphatic rings. The summed E-state index contributed by atoms with van der Waals surface area (Å²) in [5.74, 6) is 0. The van der Waals surface area contributed by atoms with Crippen LogP contribution in [-0.2, 0) is 6.42 Å². The van der Waals surface area contributed by atoms with Gasteiger partial charge in [-0.15, -0.1) is 0 Å². The molecule has 0 aromatic heterocycles. The van der Waals surface area contributed by atoms with E-state index in [1.165, 1.54) is 67.7 Å². The number of anilines is 1. The number of hydrogen-bond acceptors (Lipinski definition) is 2. The van der Waals surface area contributed by atoms with Crippen LogP contribution >= 0.6 is 0 Å². The van der Waals surface area contributed by atoms with Crippen LogP contribution in [0.5, 0.6) is 0 Å². The molecule has 0 amide bonds. The van der Waals surface area contributed by atoms with Crippen LogP contribution in [0.15, 0.2) is 48.5 Å². The number of benzene rings is 2. The first-order valence-electron chi connectivity index (χ1n) is 9.31. The van der Waals surface area contributed by atoms with Gasteiger partial charge in [0.25, 0.3) is 0 Å². The molecular formula is C22H30N2. The number of nitrogens with one attached hydrogen (secondary N) is 1. The summed E-state index contributed by atoms with van der Waals surface area (Å²) in [5, 5.41) is 3.72. The Morgan fingerprint density at radius 3 is 2.42 bits per heavy atom. The molecule has 3 rings (SSSR count). The summed E-state index contributed by atoms with van der Waals surface area (Å²) in [6.07, 6.45) is 4.96. The van der Waals surface area contributed by atoms with Gasteiger partial charge >= 0.3 is 0 Å². The Kier molecular flexibility index (Phi) is 5.92. The molecule has 24 heavy (non-hydrogen) atoms. The van der Waals surface area contributed by atoms with Crippen molar-refractivity contribution in [1.29, 1.82) is 0 Å². The molecule has 2 aromatic carbocycles. The van der Waals surface area contributed by atoms with Crippen LogP contribution in [0.1, 0.15) is 36.0 Å². The van der Waals surface area contributed by atoms with E-state index in [1.54, 1.807) is 0 Å². The highest BCUT2D eigenvalue weighted by Gasteiger charge is 2.18.